The molecule has 1 aliphatic rings. The number of anilines is 2. The molecule has 3 rings (SSSR count). The molecule has 0 fully saturated rings. The Morgan fingerprint density at radius 3 is 2.81 bits per heavy atom. The topological polar surface area (TPSA) is 41.1 Å². The fourth-order valence-electron chi connectivity index (χ4n) is 2.68. The Bertz CT molecular complexity index is 637. The summed E-state index contributed by atoms with van der Waals surface area (Å²) in [6, 6.07) is 16.0. The average molecular weight is 280 g/mol. The summed E-state index contributed by atoms with van der Waals surface area (Å²) in [5.41, 5.74) is 4.36. The van der Waals surface area contributed by atoms with Crippen LogP contribution in [0.2, 0.25) is 0 Å². The first-order valence-corrected chi connectivity index (χ1v) is 7.46. The van der Waals surface area contributed by atoms with E-state index >= 15 is 0 Å². The van der Waals surface area contributed by atoms with Crippen LogP contribution in [-0.4, -0.2) is 12.5 Å². The second-order valence-electron chi connectivity index (χ2n) is 5.52. The van der Waals surface area contributed by atoms with Crippen molar-refractivity contribution >= 4 is 17.3 Å². The smallest absolute Gasteiger partial charge is 0.231 e. The molecule has 2 aromatic carbocycles. The zero-order valence-electron chi connectivity index (χ0n) is 12.2. The van der Waals surface area contributed by atoms with E-state index in [4.69, 9.17) is 0 Å². The first kappa shape index (κ1) is 13.7. The van der Waals surface area contributed by atoms with Gasteiger partial charge in [0.25, 0.3) is 0 Å². The minimum Gasteiger partial charge on any atom is -0.385 e. The van der Waals surface area contributed by atoms with Crippen LogP contribution >= 0.6 is 0 Å². The van der Waals surface area contributed by atoms with Crippen LogP contribution in [0, 0.1) is 0 Å². The SMILES string of the molecule is CC(C(=O)Nc1ccc2c(c1)NCCC2)c1ccccc1. The van der Waals surface area contributed by atoms with E-state index in [1.807, 2.05) is 49.4 Å². The summed E-state index contributed by atoms with van der Waals surface area (Å²) in [5.74, 6) is -0.132. The van der Waals surface area contributed by atoms with E-state index in [9.17, 15) is 4.79 Å². The Hall–Kier alpha value is -2.29. The van der Waals surface area contributed by atoms with Crippen LogP contribution in [0.3, 0.4) is 0 Å². The number of amides is 1. The molecule has 0 aliphatic carbocycles. The molecule has 0 radical (unpaired) electrons. The van der Waals surface area contributed by atoms with Gasteiger partial charge < -0.3 is 10.6 Å². The van der Waals surface area contributed by atoms with Crippen LogP contribution < -0.4 is 10.6 Å². The van der Waals surface area contributed by atoms with Crippen LogP contribution in [0.1, 0.15) is 30.4 Å². The number of nitrogens with one attached hydrogen (secondary N) is 2. The Morgan fingerprint density at radius 1 is 1.19 bits per heavy atom. The first-order valence-electron chi connectivity index (χ1n) is 7.46. The van der Waals surface area contributed by atoms with Gasteiger partial charge in [0.2, 0.25) is 5.91 Å². The van der Waals surface area contributed by atoms with E-state index in [1.54, 1.807) is 0 Å². The molecule has 2 N–H and O–H groups in total. The maximum Gasteiger partial charge on any atom is 0.231 e. The fourth-order valence-corrected chi connectivity index (χ4v) is 2.68. The number of rotatable bonds is 3. The number of carbonyl (C=O) groups excluding carboxylic acids is 1. The molecule has 3 nitrogen and oxygen atoms in total. The van der Waals surface area contributed by atoms with Gasteiger partial charge in [-0.1, -0.05) is 36.4 Å². The predicted octanol–water partition coefficient (Wildman–Crippen LogP) is 3.79. The van der Waals surface area contributed by atoms with E-state index in [0.29, 0.717) is 0 Å². The lowest BCUT2D eigenvalue weighted by Crippen LogP contribution is -2.19. The summed E-state index contributed by atoms with van der Waals surface area (Å²) in [6.45, 7) is 2.94. The van der Waals surface area contributed by atoms with Gasteiger partial charge in [-0.25, -0.2) is 0 Å². The number of carbonyl (C=O) groups is 1. The molecule has 21 heavy (non-hydrogen) atoms. The second-order valence-corrected chi connectivity index (χ2v) is 5.52. The van der Waals surface area contributed by atoms with Crippen molar-refractivity contribution in [3.63, 3.8) is 0 Å². The Labute approximate surface area is 125 Å². The molecule has 108 valence electrons. The highest BCUT2D eigenvalue weighted by Gasteiger charge is 2.16. The predicted molar refractivity (Wildman–Crippen MR) is 86.7 cm³/mol. The second kappa shape index (κ2) is 6.00. The zero-order valence-corrected chi connectivity index (χ0v) is 12.2. The molecule has 0 spiro atoms. The first-order chi connectivity index (χ1) is 10.2. The van der Waals surface area contributed by atoms with Gasteiger partial charge in [0.15, 0.2) is 0 Å². The van der Waals surface area contributed by atoms with Crippen molar-refractivity contribution in [1.29, 1.82) is 0 Å². The Morgan fingerprint density at radius 2 is 2.00 bits per heavy atom. The minimum atomic E-state index is -0.157. The average Bonchev–Trinajstić information content (AvgIpc) is 2.55. The Balaban J connectivity index is 1.73. The lowest BCUT2D eigenvalue weighted by molar-refractivity contribution is -0.117. The molecule has 1 atom stereocenters. The highest BCUT2D eigenvalue weighted by atomic mass is 16.1. The summed E-state index contributed by atoms with van der Waals surface area (Å²) in [6.07, 6.45) is 2.28. The van der Waals surface area contributed by atoms with Gasteiger partial charge in [0.1, 0.15) is 0 Å². The monoisotopic (exact) mass is 280 g/mol. The molecule has 2 aromatic rings. The summed E-state index contributed by atoms with van der Waals surface area (Å²) in [4.78, 5) is 12.3. The van der Waals surface area contributed by atoms with Crippen molar-refractivity contribution in [2.24, 2.45) is 0 Å². The van der Waals surface area contributed by atoms with E-state index in [0.717, 1.165) is 29.9 Å². The van der Waals surface area contributed by atoms with Crippen LogP contribution in [0.25, 0.3) is 0 Å². The number of aryl methyl sites for hydroxylation is 1. The highest BCUT2D eigenvalue weighted by molar-refractivity contribution is 5.96. The lowest BCUT2D eigenvalue weighted by atomic mass is 10.00. The van der Waals surface area contributed by atoms with Crippen LogP contribution in [0.4, 0.5) is 11.4 Å². The van der Waals surface area contributed by atoms with Crippen molar-refractivity contribution < 1.29 is 4.79 Å². The number of fused-ring (bicyclic) bond motifs is 1. The molecular formula is C18H20N2O. The normalized spacial score (nSPS) is 14.7. The third kappa shape index (κ3) is 3.07. The fraction of sp³-hybridized carbons (Fsp3) is 0.278. The molecule has 1 heterocycles. The lowest BCUT2D eigenvalue weighted by Gasteiger charge is -2.19. The van der Waals surface area contributed by atoms with Gasteiger partial charge >= 0.3 is 0 Å². The molecule has 0 aromatic heterocycles. The molecule has 1 aliphatic heterocycles. The van der Waals surface area contributed by atoms with Crippen molar-refractivity contribution in [3.05, 3.63) is 59.7 Å². The van der Waals surface area contributed by atoms with Crippen LogP contribution in [0.15, 0.2) is 48.5 Å². The maximum atomic E-state index is 12.3. The summed E-state index contributed by atoms with van der Waals surface area (Å²) >= 11 is 0. The molecule has 1 amide bonds. The summed E-state index contributed by atoms with van der Waals surface area (Å²) < 4.78 is 0. The maximum absolute atomic E-state index is 12.3. The van der Waals surface area contributed by atoms with Gasteiger partial charge in [-0.05, 0) is 43.0 Å². The van der Waals surface area contributed by atoms with Crippen molar-refractivity contribution in [1.82, 2.24) is 0 Å². The third-order valence-corrected chi connectivity index (χ3v) is 4.01. The van der Waals surface area contributed by atoms with E-state index < -0.39 is 0 Å². The van der Waals surface area contributed by atoms with Gasteiger partial charge in [0.05, 0.1) is 5.92 Å². The quantitative estimate of drug-likeness (QED) is 0.898. The number of hydrogen-bond donors (Lipinski definition) is 2. The molecule has 0 saturated carbocycles. The van der Waals surface area contributed by atoms with Gasteiger partial charge in [-0.15, -0.1) is 0 Å². The van der Waals surface area contributed by atoms with Gasteiger partial charge in [0, 0.05) is 17.9 Å². The molecule has 1 unspecified atom stereocenters. The summed E-state index contributed by atoms with van der Waals surface area (Å²) in [5, 5.41) is 6.40. The molecule has 0 saturated heterocycles. The highest BCUT2D eigenvalue weighted by Crippen LogP contribution is 2.26. The van der Waals surface area contributed by atoms with E-state index in [2.05, 4.69) is 16.7 Å². The van der Waals surface area contributed by atoms with E-state index in [1.165, 1.54) is 12.0 Å². The number of hydrogen-bond acceptors (Lipinski definition) is 2. The molecule has 3 heteroatoms. The summed E-state index contributed by atoms with van der Waals surface area (Å²) in [7, 11) is 0. The Kier molecular flexibility index (Phi) is 3.91. The van der Waals surface area contributed by atoms with Crippen LogP contribution in [-0.2, 0) is 11.2 Å². The van der Waals surface area contributed by atoms with Crippen molar-refractivity contribution in [2.75, 3.05) is 17.2 Å². The van der Waals surface area contributed by atoms with Crippen molar-refractivity contribution in [3.8, 4) is 0 Å². The third-order valence-electron chi connectivity index (χ3n) is 4.01. The zero-order chi connectivity index (χ0) is 14.7. The number of benzene rings is 2. The largest absolute Gasteiger partial charge is 0.385 e. The van der Waals surface area contributed by atoms with E-state index in [-0.39, 0.29) is 11.8 Å². The van der Waals surface area contributed by atoms with Crippen molar-refractivity contribution in [2.45, 2.75) is 25.7 Å². The molecule has 0 bridgehead atoms. The van der Waals surface area contributed by atoms with Crippen LogP contribution in [0.5, 0.6) is 0 Å². The van der Waals surface area contributed by atoms with Gasteiger partial charge in [-0.3, -0.25) is 4.79 Å². The minimum absolute atomic E-state index is 0.0250. The molecular weight excluding hydrogens is 260 g/mol. The standard InChI is InChI=1S/C18H20N2O/c1-13(14-6-3-2-4-7-14)18(21)20-16-10-9-15-8-5-11-19-17(15)12-16/h2-4,6-7,9-10,12-13,19H,5,8,11H2,1H3,(H,20,21). The van der Waals surface area contributed by atoms with Gasteiger partial charge in [-0.2, -0.15) is 0 Å².